The van der Waals surface area contributed by atoms with Crippen molar-refractivity contribution < 1.29 is 18.4 Å². The number of amides is 2. The molecule has 0 aliphatic heterocycles. The zero-order valence-corrected chi connectivity index (χ0v) is 14.1. The number of carbonyl (C=O) groups is 2. The van der Waals surface area contributed by atoms with Gasteiger partial charge in [-0.05, 0) is 55.0 Å². The Morgan fingerprint density at radius 3 is 2.08 bits per heavy atom. The fraction of sp³-hybridized carbons (Fsp3) is 0.222. The molecule has 132 valence electrons. The van der Waals surface area contributed by atoms with E-state index in [9.17, 15) is 18.4 Å². The minimum absolute atomic E-state index is 0.129. The van der Waals surface area contributed by atoms with Gasteiger partial charge in [0, 0.05) is 24.3 Å². The van der Waals surface area contributed by atoms with Crippen molar-refractivity contribution >= 4 is 29.1 Å². The summed E-state index contributed by atoms with van der Waals surface area (Å²) in [4.78, 5) is 25.3. The maximum atomic E-state index is 13.1. The molecule has 2 rings (SSSR count). The molecule has 0 saturated carbocycles. The van der Waals surface area contributed by atoms with E-state index in [4.69, 9.17) is 11.6 Å². The highest BCUT2D eigenvalue weighted by molar-refractivity contribution is 6.27. The molecule has 0 spiro atoms. The third-order valence-corrected chi connectivity index (χ3v) is 3.72. The first-order chi connectivity index (χ1) is 12.0. The van der Waals surface area contributed by atoms with E-state index >= 15 is 0 Å². The van der Waals surface area contributed by atoms with Crippen molar-refractivity contribution in [3.63, 3.8) is 0 Å². The molecule has 0 saturated heterocycles. The highest BCUT2D eigenvalue weighted by Gasteiger charge is 2.17. The molecule has 0 bridgehead atoms. The van der Waals surface area contributed by atoms with Crippen LogP contribution in [0.5, 0.6) is 0 Å². The minimum atomic E-state index is -0.436. The third kappa shape index (κ3) is 5.53. The van der Waals surface area contributed by atoms with Crippen LogP contribution in [0.1, 0.15) is 16.8 Å². The molecule has 0 aliphatic rings. The summed E-state index contributed by atoms with van der Waals surface area (Å²) < 4.78 is 26.2. The summed E-state index contributed by atoms with van der Waals surface area (Å²) >= 11 is 5.40. The lowest BCUT2D eigenvalue weighted by molar-refractivity contribution is -0.118. The van der Waals surface area contributed by atoms with Gasteiger partial charge in [-0.1, -0.05) is 0 Å². The van der Waals surface area contributed by atoms with Crippen LogP contribution in [-0.2, 0) is 4.79 Å². The van der Waals surface area contributed by atoms with Crippen molar-refractivity contribution in [2.75, 3.05) is 23.9 Å². The van der Waals surface area contributed by atoms with Gasteiger partial charge in [0.2, 0.25) is 5.91 Å². The van der Waals surface area contributed by atoms with Crippen molar-refractivity contribution in [2.45, 2.75) is 6.42 Å². The van der Waals surface area contributed by atoms with Crippen LogP contribution in [0.2, 0.25) is 0 Å². The Labute approximate surface area is 149 Å². The molecule has 0 radical (unpaired) electrons. The molecule has 1 N–H and O–H groups in total. The maximum Gasteiger partial charge on any atom is 0.258 e. The van der Waals surface area contributed by atoms with E-state index in [0.29, 0.717) is 30.8 Å². The predicted molar refractivity (Wildman–Crippen MR) is 92.8 cm³/mol. The molecule has 7 heteroatoms. The summed E-state index contributed by atoms with van der Waals surface area (Å²) in [6, 6.07) is 10.7. The van der Waals surface area contributed by atoms with Crippen LogP contribution < -0.4 is 10.2 Å². The molecule has 2 aromatic rings. The first-order valence-corrected chi connectivity index (χ1v) is 8.20. The van der Waals surface area contributed by atoms with Gasteiger partial charge < -0.3 is 10.2 Å². The van der Waals surface area contributed by atoms with Crippen LogP contribution in [0.3, 0.4) is 0 Å². The number of hydrogen-bond acceptors (Lipinski definition) is 2. The minimum Gasteiger partial charge on any atom is -0.355 e. The molecule has 25 heavy (non-hydrogen) atoms. The molecular weight excluding hydrogens is 350 g/mol. The van der Waals surface area contributed by atoms with Crippen LogP contribution >= 0.6 is 11.6 Å². The number of hydrogen-bond donors (Lipinski definition) is 1. The summed E-state index contributed by atoms with van der Waals surface area (Å²) in [7, 11) is 0. The van der Waals surface area contributed by atoms with Crippen molar-refractivity contribution in [1.29, 1.82) is 0 Å². The van der Waals surface area contributed by atoms with Gasteiger partial charge >= 0.3 is 0 Å². The fourth-order valence-corrected chi connectivity index (χ4v) is 2.32. The first-order valence-electron chi connectivity index (χ1n) is 7.67. The van der Waals surface area contributed by atoms with E-state index < -0.39 is 11.6 Å². The largest absolute Gasteiger partial charge is 0.355 e. The number of nitrogens with zero attached hydrogens (tertiary/aromatic N) is 1. The highest BCUT2D eigenvalue weighted by Crippen LogP contribution is 2.18. The monoisotopic (exact) mass is 366 g/mol. The molecule has 0 atom stereocenters. The molecule has 2 aromatic carbocycles. The molecule has 0 unspecified atom stereocenters. The Bertz CT molecular complexity index is 721. The Kier molecular flexibility index (Phi) is 6.89. The van der Waals surface area contributed by atoms with Gasteiger partial charge in [-0.25, -0.2) is 8.78 Å². The number of halogens is 3. The van der Waals surface area contributed by atoms with E-state index in [0.717, 1.165) is 0 Å². The molecule has 4 nitrogen and oxygen atoms in total. The van der Waals surface area contributed by atoms with E-state index in [2.05, 4.69) is 5.32 Å². The molecule has 2 amide bonds. The zero-order valence-electron chi connectivity index (χ0n) is 13.3. The van der Waals surface area contributed by atoms with Crippen LogP contribution in [0.25, 0.3) is 0 Å². The van der Waals surface area contributed by atoms with Crippen LogP contribution in [-0.4, -0.2) is 30.8 Å². The van der Waals surface area contributed by atoms with Gasteiger partial charge in [0.05, 0.1) is 0 Å². The summed E-state index contributed by atoms with van der Waals surface area (Å²) in [5, 5.41) is 2.62. The fourth-order valence-electron chi connectivity index (χ4n) is 2.23. The van der Waals surface area contributed by atoms with Crippen LogP contribution in [0.15, 0.2) is 48.5 Å². The summed E-state index contributed by atoms with van der Waals surface area (Å²) in [6.07, 6.45) is 0.479. The normalized spacial score (nSPS) is 10.4. The summed E-state index contributed by atoms with van der Waals surface area (Å²) in [5.74, 6) is -1.60. The van der Waals surface area contributed by atoms with Gasteiger partial charge in [0.15, 0.2) is 0 Å². The highest BCUT2D eigenvalue weighted by atomic mass is 35.5. The van der Waals surface area contributed by atoms with E-state index in [1.54, 1.807) is 0 Å². The topological polar surface area (TPSA) is 49.4 Å². The maximum absolute atomic E-state index is 13.1. The molecule has 0 heterocycles. The zero-order chi connectivity index (χ0) is 18.2. The number of nitrogens with one attached hydrogen (secondary N) is 1. The Morgan fingerprint density at radius 1 is 0.960 bits per heavy atom. The van der Waals surface area contributed by atoms with Crippen molar-refractivity contribution in [3.05, 3.63) is 65.7 Å². The van der Waals surface area contributed by atoms with Crippen LogP contribution in [0.4, 0.5) is 14.5 Å². The lowest BCUT2D eigenvalue weighted by Crippen LogP contribution is -2.34. The predicted octanol–water partition coefficient (Wildman–Crippen LogP) is 3.36. The second-order valence-electron chi connectivity index (χ2n) is 5.28. The first kappa shape index (κ1) is 18.9. The molecule has 0 aromatic heterocycles. The molecule has 0 aliphatic carbocycles. The van der Waals surface area contributed by atoms with Crippen molar-refractivity contribution in [2.24, 2.45) is 0 Å². The second-order valence-corrected chi connectivity index (χ2v) is 5.54. The van der Waals surface area contributed by atoms with Gasteiger partial charge in [0.1, 0.15) is 17.5 Å². The number of anilines is 1. The lowest BCUT2D eigenvalue weighted by atomic mass is 10.1. The van der Waals surface area contributed by atoms with Gasteiger partial charge in [0.25, 0.3) is 5.91 Å². The Morgan fingerprint density at radius 2 is 1.52 bits per heavy atom. The Balaban J connectivity index is 2.13. The third-order valence-electron chi connectivity index (χ3n) is 3.48. The van der Waals surface area contributed by atoms with E-state index in [1.807, 2.05) is 0 Å². The van der Waals surface area contributed by atoms with Crippen molar-refractivity contribution in [1.82, 2.24) is 5.32 Å². The van der Waals surface area contributed by atoms with E-state index in [-0.39, 0.29) is 17.7 Å². The van der Waals surface area contributed by atoms with Crippen molar-refractivity contribution in [3.8, 4) is 0 Å². The lowest BCUT2D eigenvalue weighted by Gasteiger charge is -2.23. The van der Waals surface area contributed by atoms with Gasteiger partial charge in [-0.2, -0.15) is 0 Å². The number of benzene rings is 2. The summed E-state index contributed by atoms with van der Waals surface area (Å²) in [6.45, 7) is 0.643. The average Bonchev–Trinajstić information content (AvgIpc) is 2.62. The van der Waals surface area contributed by atoms with Gasteiger partial charge in [-0.3, -0.25) is 9.59 Å². The average molecular weight is 367 g/mol. The van der Waals surface area contributed by atoms with E-state index in [1.165, 1.54) is 53.4 Å². The number of alkyl halides is 1. The quantitative estimate of drug-likeness (QED) is 0.603. The SMILES string of the molecule is O=C(CCl)NCCCN(C(=O)c1ccc(F)cc1)c1ccc(F)cc1. The second kappa shape index (κ2) is 9.13. The Hall–Kier alpha value is -2.47. The van der Waals surface area contributed by atoms with Crippen LogP contribution in [0, 0.1) is 11.6 Å². The molecule has 0 fully saturated rings. The smallest absolute Gasteiger partial charge is 0.258 e. The van der Waals surface area contributed by atoms with Gasteiger partial charge in [-0.15, -0.1) is 11.6 Å². The number of carbonyl (C=O) groups excluding carboxylic acids is 2. The molecular formula is C18H17ClF2N2O2. The number of rotatable bonds is 7. The summed E-state index contributed by atoms with van der Waals surface area (Å²) in [5.41, 5.74) is 0.829. The standard InChI is InChI=1S/C18H17ClF2N2O2/c19-12-17(24)22-10-1-11-23(16-8-6-15(21)7-9-16)18(25)13-2-4-14(20)5-3-13/h2-9H,1,10-12H2,(H,22,24).